The van der Waals surface area contributed by atoms with Gasteiger partial charge >= 0.3 is 6.18 Å². The van der Waals surface area contributed by atoms with Crippen LogP contribution in [-0.4, -0.2) is 22.2 Å². The lowest BCUT2D eigenvalue weighted by Gasteiger charge is -2.33. The van der Waals surface area contributed by atoms with Crippen LogP contribution in [0.1, 0.15) is 18.4 Å². The summed E-state index contributed by atoms with van der Waals surface area (Å²) in [6.07, 6.45) is -2.57. The first kappa shape index (κ1) is 11.2. The van der Waals surface area contributed by atoms with Crippen LogP contribution >= 0.6 is 0 Å². The first-order chi connectivity index (χ1) is 7.47. The number of aliphatic hydroxyl groups is 1. The summed E-state index contributed by atoms with van der Waals surface area (Å²) < 4.78 is 37.7. The minimum absolute atomic E-state index is 0.119. The van der Waals surface area contributed by atoms with Crippen LogP contribution in [0, 0.1) is 0 Å². The number of alkyl halides is 3. The molecule has 0 aromatic carbocycles. The zero-order valence-corrected chi connectivity index (χ0v) is 8.33. The molecule has 0 radical (unpaired) electrons. The Bertz CT molecular complexity index is 375. The summed E-state index contributed by atoms with van der Waals surface area (Å²) in [5.41, 5.74) is -0.767. The number of aromatic nitrogens is 1. The Morgan fingerprint density at radius 3 is 2.62 bits per heavy atom. The molecule has 1 aromatic rings. The molecule has 0 saturated heterocycles. The first-order valence-corrected chi connectivity index (χ1v) is 4.93. The van der Waals surface area contributed by atoms with E-state index in [0.29, 0.717) is 12.8 Å². The third kappa shape index (κ3) is 2.27. The van der Waals surface area contributed by atoms with Crippen LogP contribution in [0.25, 0.3) is 0 Å². The van der Waals surface area contributed by atoms with Crippen LogP contribution in [-0.2, 0) is 6.18 Å². The molecule has 0 aliphatic heterocycles. The summed E-state index contributed by atoms with van der Waals surface area (Å²) in [5.74, 6) is -0.160. The Labute approximate surface area is 90.3 Å². The normalized spacial score (nSPS) is 25.0. The molecule has 1 aliphatic carbocycles. The molecule has 1 heterocycles. The van der Waals surface area contributed by atoms with Gasteiger partial charge in [-0.3, -0.25) is 0 Å². The lowest BCUT2D eigenvalue weighted by Crippen LogP contribution is -2.39. The van der Waals surface area contributed by atoms with Gasteiger partial charge in [-0.1, -0.05) is 0 Å². The van der Waals surface area contributed by atoms with Crippen LogP contribution in [0.2, 0.25) is 0 Å². The van der Waals surface area contributed by atoms with Gasteiger partial charge in [-0.25, -0.2) is 4.98 Å². The molecule has 0 spiro atoms. The Hall–Kier alpha value is -1.30. The maximum Gasteiger partial charge on any atom is 0.419 e. The van der Waals surface area contributed by atoms with E-state index in [1.165, 1.54) is 12.3 Å². The molecule has 16 heavy (non-hydrogen) atoms. The standard InChI is InChI=1S/C10H11F3N2O/c11-10(12,13)8-2-1-3-14-9(8)15-6-4-7(16)5-6/h1-3,6-7,16H,4-5H2,(H,14,15). The van der Waals surface area contributed by atoms with E-state index in [1.54, 1.807) is 0 Å². The van der Waals surface area contributed by atoms with Gasteiger partial charge in [0, 0.05) is 12.2 Å². The van der Waals surface area contributed by atoms with Gasteiger partial charge in [-0.2, -0.15) is 13.2 Å². The number of aliphatic hydroxyl groups excluding tert-OH is 1. The van der Waals surface area contributed by atoms with E-state index in [9.17, 15) is 13.2 Å². The zero-order chi connectivity index (χ0) is 11.8. The maximum absolute atomic E-state index is 12.6. The third-order valence-electron chi connectivity index (χ3n) is 2.57. The van der Waals surface area contributed by atoms with Crippen LogP contribution in [0.5, 0.6) is 0 Å². The molecule has 1 aromatic heterocycles. The van der Waals surface area contributed by atoms with Gasteiger partial charge in [-0.15, -0.1) is 0 Å². The lowest BCUT2D eigenvalue weighted by atomic mass is 9.89. The topological polar surface area (TPSA) is 45.1 Å². The lowest BCUT2D eigenvalue weighted by molar-refractivity contribution is -0.137. The Kier molecular flexibility index (Phi) is 2.75. The predicted octanol–water partition coefficient (Wildman–Crippen LogP) is 2.04. The molecule has 2 rings (SSSR count). The fourth-order valence-corrected chi connectivity index (χ4v) is 1.65. The molecule has 88 valence electrons. The zero-order valence-electron chi connectivity index (χ0n) is 8.33. The highest BCUT2D eigenvalue weighted by Crippen LogP contribution is 2.35. The number of nitrogens with one attached hydrogen (secondary N) is 1. The number of anilines is 1. The molecule has 1 aliphatic rings. The number of nitrogens with zero attached hydrogens (tertiary/aromatic N) is 1. The SMILES string of the molecule is OC1CC(Nc2ncccc2C(F)(F)F)C1. The van der Waals surface area contributed by atoms with Crippen molar-refractivity contribution in [2.75, 3.05) is 5.32 Å². The van der Waals surface area contributed by atoms with Gasteiger partial charge in [0.2, 0.25) is 0 Å². The first-order valence-electron chi connectivity index (χ1n) is 4.93. The Morgan fingerprint density at radius 2 is 2.06 bits per heavy atom. The molecule has 0 bridgehead atoms. The molecule has 1 saturated carbocycles. The van der Waals surface area contributed by atoms with E-state index >= 15 is 0 Å². The second-order valence-corrected chi connectivity index (χ2v) is 3.86. The molecule has 2 N–H and O–H groups in total. The summed E-state index contributed by atoms with van der Waals surface area (Å²) in [6.45, 7) is 0. The van der Waals surface area contributed by atoms with Crippen molar-refractivity contribution < 1.29 is 18.3 Å². The summed E-state index contributed by atoms with van der Waals surface area (Å²) in [5, 5.41) is 11.7. The van der Waals surface area contributed by atoms with E-state index in [2.05, 4.69) is 10.3 Å². The molecular weight excluding hydrogens is 221 g/mol. The van der Waals surface area contributed by atoms with Crippen molar-refractivity contribution in [1.29, 1.82) is 0 Å². The maximum atomic E-state index is 12.6. The van der Waals surface area contributed by atoms with E-state index < -0.39 is 17.8 Å². The number of halogens is 3. The molecular formula is C10H11F3N2O. The van der Waals surface area contributed by atoms with Crippen molar-refractivity contribution in [3.8, 4) is 0 Å². The molecule has 0 amide bonds. The van der Waals surface area contributed by atoms with Crippen LogP contribution in [0.4, 0.5) is 19.0 Å². The van der Waals surface area contributed by atoms with Gasteiger partial charge < -0.3 is 10.4 Å². The van der Waals surface area contributed by atoms with Gasteiger partial charge in [0.1, 0.15) is 5.82 Å². The van der Waals surface area contributed by atoms with Gasteiger partial charge in [0.15, 0.2) is 0 Å². The molecule has 6 heteroatoms. The number of hydrogen-bond acceptors (Lipinski definition) is 3. The van der Waals surface area contributed by atoms with Gasteiger partial charge in [0.05, 0.1) is 11.7 Å². The summed E-state index contributed by atoms with van der Waals surface area (Å²) in [6, 6.07) is 2.12. The highest BCUT2D eigenvalue weighted by molar-refractivity contribution is 5.46. The average Bonchev–Trinajstić information content (AvgIpc) is 2.14. The van der Waals surface area contributed by atoms with Crippen LogP contribution in [0.3, 0.4) is 0 Å². The molecule has 1 fully saturated rings. The van der Waals surface area contributed by atoms with Gasteiger partial charge in [-0.05, 0) is 25.0 Å². The number of hydrogen-bond donors (Lipinski definition) is 2. The predicted molar refractivity (Wildman–Crippen MR) is 51.9 cm³/mol. The molecule has 0 atom stereocenters. The smallest absolute Gasteiger partial charge is 0.393 e. The van der Waals surface area contributed by atoms with Crippen molar-refractivity contribution in [3.63, 3.8) is 0 Å². The van der Waals surface area contributed by atoms with Crippen molar-refractivity contribution in [2.24, 2.45) is 0 Å². The Balaban J connectivity index is 2.14. The van der Waals surface area contributed by atoms with E-state index in [4.69, 9.17) is 5.11 Å². The Morgan fingerprint density at radius 1 is 1.38 bits per heavy atom. The number of rotatable bonds is 2. The highest BCUT2D eigenvalue weighted by atomic mass is 19.4. The van der Waals surface area contributed by atoms with Crippen LogP contribution < -0.4 is 5.32 Å². The molecule has 0 unspecified atom stereocenters. The second-order valence-electron chi connectivity index (χ2n) is 3.86. The van der Waals surface area contributed by atoms with E-state index in [-0.39, 0.29) is 11.9 Å². The minimum Gasteiger partial charge on any atom is -0.393 e. The van der Waals surface area contributed by atoms with Crippen LogP contribution in [0.15, 0.2) is 18.3 Å². The monoisotopic (exact) mass is 232 g/mol. The summed E-state index contributed by atoms with van der Waals surface area (Å²) in [7, 11) is 0. The largest absolute Gasteiger partial charge is 0.419 e. The van der Waals surface area contributed by atoms with E-state index in [1.807, 2.05) is 0 Å². The number of pyridine rings is 1. The van der Waals surface area contributed by atoms with Crippen molar-refractivity contribution in [3.05, 3.63) is 23.9 Å². The second kappa shape index (κ2) is 3.93. The highest BCUT2D eigenvalue weighted by Gasteiger charge is 2.36. The van der Waals surface area contributed by atoms with Crippen molar-refractivity contribution >= 4 is 5.82 Å². The average molecular weight is 232 g/mol. The van der Waals surface area contributed by atoms with E-state index in [0.717, 1.165) is 6.07 Å². The quantitative estimate of drug-likeness (QED) is 0.820. The van der Waals surface area contributed by atoms with Crippen molar-refractivity contribution in [1.82, 2.24) is 4.98 Å². The minimum atomic E-state index is -4.40. The van der Waals surface area contributed by atoms with Gasteiger partial charge in [0.25, 0.3) is 0 Å². The molecule has 3 nitrogen and oxygen atoms in total. The summed E-state index contributed by atoms with van der Waals surface area (Å²) in [4.78, 5) is 3.68. The third-order valence-corrected chi connectivity index (χ3v) is 2.57. The fraction of sp³-hybridized carbons (Fsp3) is 0.500. The summed E-state index contributed by atoms with van der Waals surface area (Å²) >= 11 is 0. The van der Waals surface area contributed by atoms with Crippen molar-refractivity contribution in [2.45, 2.75) is 31.2 Å². The fourth-order valence-electron chi connectivity index (χ4n) is 1.65.